The van der Waals surface area contributed by atoms with Crippen molar-refractivity contribution in [3.8, 4) is 0 Å². The SMILES string of the molecule is C1CC2(CCN1)OCC[C@@H]2CCOCC1CC1. The predicted octanol–water partition coefficient (Wildman–Crippen LogP) is 1.96. The summed E-state index contributed by atoms with van der Waals surface area (Å²) in [6.45, 7) is 5.16. The van der Waals surface area contributed by atoms with Crippen LogP contribution >= 0.6 is 0 Å². The summed E-state index contributed by atoms with van der Waals surface area (Å²) in [4.78, 5) is 0. The molecule has 3 fully saturated rings. The number of hydrogen-bond acceptors (Lipinski definition) is 3. The van der Waals surface area contributed by atoms with E-state index in [-0.39, 0.29) is 5.60 Å². The van der Waals surface area contributed by atoms with Gasteiger partial charge in [-0.2, -0.15) is 0 Å². The standard InChI is InChI=1S/C14H25NO2/c1-2-12(1)11-16-9-3-13-4-10-17-14(13)5-7-15-8-6-14/h12-13,15H,1-11H2/t13-/m0/s1. The molecular weight excluding hydrogens is 214 g/mol. The highest BCUT2D eigenvalue weighted by Gasteiger charge is 2.44. The van der Waals surface area contributed by atoms with Gasteiger partial charge in [0.1, 0.15) is 0 Å². The van der Waals surface area contributed by atoms with Crippen LogP contribution in [0.2, 0.25) is 0 Å². The van der Waals surface area contributed by atoms with Crippen molar-refractivity contribution in [2.75, 3.05) is 32.9 Å². The summed E-state index contributed by atoms with van der Waals surface area (Å²) in [6, 6.07) is 0. The van der Waals surface area contributed by atoms with Crippen LogP contribution in [-0.4, -0.2) is 38.5 Å². The predicted molar refractivity (Wildman–Crippen MR) is 67.1 cm³/mol. The highest BCUT2D eigenvalue weighted by molar-refractivity contribution is 4.95. The molecule has 1 saturated carbocycles. The zero-order chi connectivity index (χ0) is 11.6. The second-order valence-corrected chi connectivity index (χ2v) is 5.96. The molecule has 0 aromatic carbocycles. The molecule has 0 bridgehead atoms. The maximum absolute atomic E-state index is 6.09. The summed E-state index contributed by atoms with van der Waals surface area (Å²) in [5, 5.41) is 3.44. The lowest BCUT2D eigenvalue weighted by molar-refractivity contribution is -0.0512. The number of piperidine rings is 1. The molecule has 0 aromatic heterocycles. The van der Waals surface area contributed by atoms with Crippen LogP contribution in [0.25, 0.3) is 0 Å². The molecule has 0 aromatic rings. The van der Waals surface area contributed by atoms with Crippen molar-refractivity contribution < 1.29 is 9.47 Å². The third-order valence-electron chi connectivity index (χ3n) is 4.71. The van der Waals surface area contributed by atoms with Crippen LogP contribution in [0.3, 0.4) is 0 Å². The third-order valence-corrected chi connectivity index (χ3v) is 4.71. The number of nitrogens with one attached hydrogen (secondary N) is 1. The van der Waals surface area contributed by atoms with Crippen molar-refractivity contribution in [2.24, 2.45) is 11.8 Å². The molecule has 1 N–H and O–H groups in total. The van der Waals surface area contributed by atoms with Crippen LogP contribution in [0.5, 0.6) is 0 Å². The molecule has 17 heavy (non-hydrogen) atoms. The Balaban J connectivity index is 1.43. The fourth-order valence-corrected chi connectivity index (χ4v) is 3.36. The fourth-order valence-electron chi connectivity index (χ4n) is 3.36. The summed E-state index contributed by atoms with van der Waals surface area (Å²) in [5.41, 5.74) is 0.203. The molecule has 3 rings (SSSR count). The average Bonchev–Trinajstić information content (AvgIpc) is 3.11. The van der Waals surface area contributed by atoms with E-state index in [9.17, 15) is 0 Å². The van der Waals surface area contributed by atoms with Gasteiger partial charge in [-0.25, -0.2) is 0 Å². The van der Waals surface area contributed by atoms with Crippen LogP contribution in [0.1, 0.15) is 38.5 Å². The third kappa shape index (κ3) is 2.83. The molecule has 98 valence electrons. The van der Waals surface area contributed by atoms with Gasteiger partial charge in [0, 0.05) is 19.8 Å². The lowest BCUT2D eigenvalue weighted by Crippen LogP contribution is -2.46. The molecule has 3 nitrogen and oxygen atoms in total. The highest BCUT2D eigenvalue weighted by Crippen LogP contribution is 2.41. The van der Waals surface area contributed by atoms with E-state index >= 15 is 0 Å². The molecule has 0 radical (unpaired) electrons. The highest BCUT2D eigenvalue weighted by atomic mass is 16.5. The molecule has 0 unspecified atom stereocenters. The summed E-state index contributed by atoms with van der Waals surface area (Å²) in [5.74, 6) is 1.63. The maximum atomic E-state index is 6.09. The maximum Gasteiger partial charge on any atom is 0.0736 e. The minimum absolute atomic E-state index is 0.203. The second-order valence-electron chi connectivity index (χ2n) is 5.96. The van der Waals surface area contributed by atoms with E-state index in [0.29, 0.717) is 0 Å². The van der Waals surface area contributed by atoms with Gasteiger partial charge in [-0.3, -0.25) is 0 Å². The van der Waals surface area contributed by atoms with Crippen molar-refractivity contribution in [3.63, 3.8) is 0 Å². The Morgan fingerprint density at radius 3 is 2.76 bits per heavy atom. The van der Waals surface area contributed by atoms with E-state index in [1.54, 1.807) is 0 Å². The topological polar surface area (TPSA) is 30.5 Å². The van der Waals surface area contributed by atoms with Gasteiger partial charge >= 0.3 is 0 Å². The van der Waals surface area contributed by atoms with Gasteiger partial charge < -0.3 is 14.8 Å². The minimum atomic E-state index is 0.203. The molecule has 3 heteroatoms. The quantitative estimate of drug-likeness (QED) is 0.744. The summed E-state index contributed by atoms with van der Waals surface area (Å²) in [6.07, 6.45) is 7.62. The van der Waals surface area contributed by atoms with Crippen LogP contribution < -0.4 is 5.32 Å². The van der Waals surface area contributed by atoms with E-state index in [1.165, 1.54) is 38.5 Å². The first-order valence-corrected chi connectivity index (χ1v) is 7.31. The molecular formula is C14H25NO2. The molecule has 2 heterocycles. The largest absolute Gasteiger partial charge is 0.381 e. The van der Waals surface area contributed by atoms with Gasteiger partial charge in [0.05, 0.1) is 5.60 Å². The van der Waals surface area contributed by atoms with Crippen molar-refractivity contribution in [1.29, 1.82) is 0 Å². The molecule has 1 spiro atoms. The lowest BCUT2D eigenvalue weighted by atomic mass is 9.78. The number of hydrogen-bond donors (Lipinski definition) is 1. The molecule has 2 aliphatic heterocycles. The zero-order valence-electron chi connectivity index (χ0n) is 10.7. The Bertz CT molecular complexity index is 247. The van der Waals surface area contributed by atoms with Crippen LogP contribution in [-0.2, 0) is 9.47 Å². The zero-order valence-corrected chi connectivity index (χ0v) is 10.7. The lowest BCUT2D eigenvalue weighted by Gasteiger charge is -2.38. The molecule has 3 aliphatic rings. The smallest absolute Gasteiger partial charge is 0.0736 e. The summed E-state index contributed by atoms with van der Waals surface area (Å²) >= 11 is 0. The molecule has 1 aliphatic carbocycles. The van der Waals surface area contributed by atoms with E-state index in [0.717, 1.165) is 44.7 Å². The van der Waals surface area contributed by atoms with E-state index in [2.05, 4.69) is 5.32 Å². The van der Waals surface area contributed by atoms with Gasteiger partial charge in [-0.05, 0) is 63.5 Å². The Morgan fingerprint density at radius 2 is 2.00 bits per heavy atom. The Labute approximate surface area is 104 Å². The van der Waals surface area contributed by atoms with Gasteiger partial charge in [-0.15, -0.1) is 0 Å². The normalized spacial score (nSPS) is 32.1. The van der Waals surface area contributed by atoms with Gasteiger partial charge in [0.15, 0.2) is 0 Å². The second kappa shape index (κ2) is 5.25. The molecule has 2 saturated heterocycles. The first-order chi connectivity index (χ1) is 8.39. The van der Waals surface area contributed by atoms with Gasteiger partial charge in [-0.1, -0.05) is 0 Å². The van der Waals surface area contributed by atoms with Crippen molar-refractivity contribution >= 4 is 0 Å². The van der Waals surface area contributed by atoms with Gasteiger partial charge in [0.2, 0.25) is 0 Å². The van der Waals surface area contributed by atoms with Crippen molar-refractivity contribution in [1.82, 2.24) is 5.32 Å². The summed E-state index contributed by atoms with van der Waals surface area (Å²) in [7, 11) is 0. The fraction of sp³-hybridized carbons (Fsp3) is 1.00. The van der Waals surface area contributed by atoms with Crippen LogP contribution in [0, 0.1) is 11.8 Å². The monoisotopic (exact) mass is 239 g/mol. The Hall–Kier alpha value is -0.120. The average molecular weight is 239 g/mol. The Morgan fingerprint density at radius 1 is 1.18 bits per heavy atom. The first-order valence-electron chi connectivity index (χ1n) is 7.31. The van der Waals surface area contributed by atoms with Crippen LogP contribution in [0.4, 0.5) is 0 Å². The van der Waals surface area contributed by atoms with E-state index in [4.69, 9.17) is 9.47 Å². The number of ether oxygens (including phenoxy) is 2. The molecule has 1 atom stereocenters. The van der Waals surface area contributed by atoms with Crippen molar-refractivity contribution in [3.05, 3.63) is 0 Å². The summed E-state index contributed by atoms with van der Waals surface area (Å²) < 4.78 is 11.9. The van der Waals surface area contributed by atoms with Gasteiger partial charge in [0.25, 0.3) is 0 Å². The minimum Gasteiger partial charge on any atom is -0.381 e. The van der Waals surface area contributed by atoms with Crippen molar-refractivity contribution in [2.45, 2.75) is 44.1 Å². The van der Waals surface area contributed by atoms with E-state index in [1.807, 2.05) is 0 Å². The Kier molecular flexibility index (Phi) is 3.69. The molecule has 0 amide bonds. The van der Waals surface area contributed by atoms with E-state index < -0.39 is 0 Å². The number of rotatable bonds is 5. The first kappa shape index (κ1) is 11.9. The van der Waals surface area contributed by atoms with Crippen LogP contribution in [0.15, 0.2) is 0 Å².